The Morgan fingerprint density at radius 3 is 1.21 bits per heavy atom. The molecule has 2 heteroatoms. The maximum atomic E-state index is 9.86. The number of hydrogen-bond donors (Lipinski definition) is 1. The van der Waals surface area contributed by atoms with Crippen LogP contribution in [0.25, 0.3) is 0 Å². The molecule has 0 heterocycles. The predicted molar refractivity (Wildman–Crippen MR) is 113 cm³/mol. The molecule has 0 fully saturated rings. The smallest absolute Gasteiger partial charge is 0.0716 e. The number of alkyl halides is 1. The third kappa shape index (κ3) is 17.3. The minimum atomic E-state index is -0.588. The minimum absolute atomic E-state index is 0.233. The molecule has 1 nitrogen and oxygen atoms in total. The van der Waals surface area contributed by atoms with Gasteiger partial charge in [0.25, 0.3) is 0 Å². The number of unbranched alkanes of at least 4 members (excludes halogenated alkanes) is 15. The quantitative estimate of drug-likeness (QED) is 0.180. The Bertz CT molecular complexity index is 247. The van der Waals surface area contributed by atoms with Crippen LogP contribution in [-0.2, 0) is 0 Å². The Hall–Kier alpha value is 0.440. The van der Waals surface area contributed by atoms with Gasteiger partial charge in [-0.2, -0.15) is 0 Å². The first kappa shape index (κ1) is 24.4. The number of hydrogen-bond acceptors (Lipinski definition) is 1. The molecule has 0 radical (unpaired) electrons. The molecule has 0 aromatic heterocycles. The van der Waals surface area contributed by atoms with Gasteiger partial charge in [0.05, 0.1) is 5.60 Å². The van der Waals surface area contributed by atoms with Gasteiger partial charge in [0.1, 0.15) is 0 Å². The van der Waals surface area contributed by atoms with Gasteiger partial charge in [-0.1, -0.05) is 126 Å². The fourth-order valence-corrected chi connectivity index (χ4v) is 3.55. The summed E-state index contributed by atoms with van der Waals surface area (Å²) >= 11 is 3.59. The number of aliphatic hydroxyl groups is 1. The summed E-state index contributed by atoms with van der Waals surface area (Å²) in [5.74, 6) is 0. The van der Waals surface area contributed by atoms with Crippen LogP contribution in [0, 0.1) is 0 Å². The summed E-state index contributed by atoms with van der Waals surface area (Å²) in [6.45, 7) is 6.06. The van der Waals surface area contributed by atoms with E-state index in [1.807, 2.05) is 13.8 Å². The Morgan fingerprint density at radius 2 is 0.917 bits per heavy atom. The van der Waals surface area contributed by atoms with E-state index < -0.39 is 5.60 Å². The fourth-order valence-electron chi connectivity index (χ4n) is 3.22. The van der Waals surface area contributed by atoms with Crippen LogP contribution in [0.2, 0.25) is 0 Å². The van der Waals surface area contributed by atoms with E-state index in [2.05, 4.69) is 22.9 Å². The summed E-state index contributed by atoms with van der Waals surface area (Å²) in [5, 5.41) is 9.86. The van der Waals surface area contributed by atoms with E-state index in [0.29, 0.717) is 0 Å². The molecule has 0 bridgehead atoms. The van der Waals surface area contributed by atoms with Crippen molar-refractivity contribution >= 4 is 15.9 Å². The number of halogens is 1. The molecule has 0 aliphatic heterocycles. The van der Waals surface area contributed by atoms with Crippen molar-refractivity contribution in [3.05, 3.63) is 0 Å². The van der Waals surface area contributed by atoms with Crippen molar-refractivity contribution in [1.82, 2.24) is 0 Å². The maximum Gasteiger partial charge on any atom is 0.0716 e. The lowest BCUT2D eigenvalue weighted by Crippen LogP contribution is -2.31. The Kier molecular flexibility index (Phi) is 17.2. The van der Waals surface area contributed by atoms with E-state index in [4.69, 9.17) is 0 Å². The molecule has 1 N–H and O–H groups in total. The molecular weight excluding hydrogens is 360 g/mol. The second-order valence-electron chi connectivity index (χ2n) is 8.21. The van der Waals surface area contributed by atoms with Crippen LogP contribution in [0.4, 0.5) is 0 Å². The van der Waals surface area contributed by atoms with Gasteiger partial charge in [-0.05, 0) is 20.3 Å². The maximum absolute atomic E-state index is 9.86. The molecule has 0 aromatic rings. The Labute approximate surface area is 161 Å². The zero-order valence-electron chi connectivity index (χ0n) is 16.9. The van der Waals surface area contributed by atoms with Crippen LogP contribution in [0.1, 0.15) is 130 Å². The third-order valence-corrected chi connectivity index (χ3v) is 6.66. The molecule has 0 aromatic carbocycles. The van der Waals surface area contributed by atoms with Crippen molar-refractivity contribution in [3.63, 3.8) is 0 Å². The van der Waals surface area contributed by atoms with Crippen LogP contribution >= 0.6 is 15.9 Å². The summed E-state index contributed by atoms with van der Waals surface area (Å²) in [4.78, 5) is 0.233. The average Bonchev–Trinajstić information content (AvgIpc) is 2.53. The number of rotatable bonds is 18. The molecule has 24 heavy (non-hydrogen) atoms. The van der Waals surface area contributed by atoms with Crippen LogP contribution in [-0.4, -0.2) is 15.5 Å². The highest BCUT2D eigenvalue weighted by Gasteiger charge is 2.22. The SMILES string of the molecule is CCCCCCCCCCCCCCCCCCC(Br)C(C)(C)O. The van der Waals surface area contributed by atoms with E-state index in [1.54, 1.807) is 0 Å². The summed E-state index contributed by atoms with van der Waals surface area (Å²) in [6.07, 6.45) is 23.7. The zero-order valence-corrected chi connectivity index (χ0v) is 18.5. The van der Waals surface area contributed by atoms with E-state index >= 15 is 0 Å². The summed E-state index contributed by atoms with van der Waals surface area (Å²) in [6, 6.07) is 0. The van der Waals surface area contributed by atoms with E-state index in [9.17, 15) is 5.11 Å². The molecule has 0 amide bonds. The van der Waals surface area contributed by atoms with Crippen LogP contribution in [0.3, 0.4) is 0 Å². The molecule has 0 aliphatic carbocycles. The van der Waals surface area contributed by atoms with Gasteiger partial charge in [-0.3, -0.25) is 0 Å². The van der Waals surface area contributed by atoms with Gasteiger partial charge >= 0.3 is 0 Å². The second kappa shape index (κ2) is 16.9. The average molecular weight is 406 g/mol. The van der Waals surface area contributed by atoms with Crippen molar-refractivity contribution in [2.45, 2.75) is 140 Å². The molecule has 0 saturated carbocycles. The lowest BCUT2D eigenvalue weighted by atomic mass is 9.99. The fraction of sp³-hybridized carbons (Fsp3) is 1.00. The lowest BCUT2D eigenvalue weighted by molar-refractivity contribution is 0.0766. The second-order valence-corrected chi connectivity index (χ2v) is 9.32. The highest BCUT2D eigenvalue weighted by molar-refractivity contribution is 9.09. The van der Waals surface area contributed by atoms with E-state index in [-0.39, 0.29) is 4.83 Å². The molecule has 0 rings (SSSR count). The Morgan fingerprint density at radius 1 is 0.625 bits per heavy atom. The van der Waals surface area contributed by atoms with Gasteiger partial charge < -0.3 is 5.11 Å². The van der Waals surface area contributed by atoms with Crippen LogP contribution < -0.4 is 0 Å². The first-order valence-electron chi connectivity index (χ1n) is 10.8. The van der Waals surface area contributed by atoms with Gasteiger partial charge in [0.15, 0.2) is 0 Å². The van der Waals surface area contributed by atoms with Crippen LogP contribution in [0.15, 0.2) is 0 Å². The highest BCUT2D eigenvalue weighted by atomic mass is 79.9. The molecule has 0 aliphatic rings. The Balaban J connectivity index is 3.10. The van der Waals surface area contributed by atoms with Crippen molar-refractivity contribution < 1.29 is 5.11 Å². The van der Waals surface area contributed by atoms with Crippen molar-refractivity contribution in [2.24, 2.45) is 0 Å². The van der Waals surface area contributed by atoms with E-state index in [1.165, 1.54) is 103 Å². The minimum Gasteiger partial charge on any atom is -0.389 e. The summed E-state index contributed by atoms with van der Waals surface area (Å²) in [5.41, 5.74) is -0.588. The molecule has 1 atom stereocenters. The van der Waals surface area contributed by atoms with Gasteiger partial charge in [-0.25, -0.2) is 0 Å². The monoisotopic (exact) mass is 404 g/mol. The third-order valence-electron chi connectivity index (χ3n) is 5.08. The summed E-state index contributed by atoms with van der Waals surface area (Å²) < 4.78 is 0. The first-order chi connectivity index (χ1) is 11.5. The van der Waals surface area contributed by atoms with Gasteiger partial charge in [-0.15, -0.1) is 0 Å². The van der Waals surface area contributed by atoms with Gasteiger partial charge in [0, 0.05) is 4.83 Å². The predicted octanol–water partition coefficient (Wildman–Crippen LogP) is 8.17. The largest absolute Gasteiger partial charge is 0.389 e. The molecule has 1 unspecified atom stereocenters. The van der Waals surface area contributed by atoms with Crippen molar-refractivity contribution in [2.75, 3.05) is 0 Å². The zero-order chi connectivity index (χ0) is 18.1. The highest BCUT2D eigenvalue weighted by Crippen LogP contribution is 2.23. The first-order valence-corrected chi connectivity index (χ1v) is 11.8. The van der Waals surface area contributed by atoms with Gasteiger partial charge in [0.2, 0.25) is 0 Å². The topological polar surface area (TPSA) is 20.2 Å². The van der Waals surface area contributed by atoms with Crippen LogP contribution in [0.5, 0.6) is 0 Å². The van der Waals surface area contributed by atoms with E-state index in [0.717, 1.165) is 6.42 Å². The lowest BCUT2D eigenvalue weighted by Gasteiger charge is -2.23. The van der Waals surface area contributed by atoms with Crippen molar-refractivity contribution in [3.8, 4) is 0 Å². The molecular formula is C22H45BrO. The molecule has 0 saturated heterocycles. The van der Waals surface area contributed by atoms with Crippen molar-refractivity contribution in [1.29, 1.82) is 0 Å². The normalized spacial score (nSPS) is 13.4. The molecule has 146 valence electrons. The molecule has 0 spiro atoms. The summed E-state index contributed by atoms with van der Waals surface area (Å²) in [7, 11) is 0. The standard InChI is InChI=1S/C22H45BrO/c1-4-5-6-7-8-9-10-11-12-13-14-15-16-17-18-19-20-21(23)22(2,3)24/h21,24H,4-20H2,1-3H3.